The van der Waals surface area contributed by atoms with E-state index in [1.165, 1.54) is 32.1 Å². The Balaban J connectivity index is 2.19. The number of carbonyl (C=O) groups is 1. The molecule has 0 saturated heterocycles. The van der Waals surface area contributed by atoms with Crippen LogP contribution in [0.3, 0.4) is 0 Å². The molecule has 0 spiro atoms. The Kier molecular flexibility index (Phi) is 6.82. The summed E-state index contributed by atoms with van der Waals surface area (Å²) in [6.45, 7) is 0. The standard InChI is InChI=1S/C12H22ClNO/c13-10-6-9-12(15)14-11-7-4-2-1-3-5-8-11/h11H,1-10H2,(H,14,15). The average molecular weight is 232 g/mol. The van der Waals surface area contributed by atoms with Gasteiger partial charge in [-0.15, -0.1) is 11.6 Å². The molecule has 0 radical (unpaired) electrons. The summed E-state index contributed by atoms with van der Waals surface area (Å²) in [5.74, 6) is 0.763. The number of nitrogens with one attached hydrogen (secondary N) is 1. The zero-order chi connectivity index (χ0) is 10.9. The van der Waals surface area contributed by atoms with Gasteiger partial charge in [0.25, 0.3) is 0 Å². The molecule has 0 unspecified atom stereocenters. The largest absolute Gasteiger partial charge is 0.353 e. The van der Waals surface area contributed by atoms with E-state index >= 15 is 0 Å². The van der Waals surface area contributed by atoms with Crippen LogP contribution >= 0.6 is 11.6 Å². The maximum Gasteiger partial charge on any atom is 0.220 e. The molecule has 1 aliphatic rings. The van der Waals surface area contributed by atoms with Crippen molar-refractivity contribution in [3.05, 3.63) is 0 Å². The van der Waals surface area contributed by atoms with E-state index in [4.69, 9.17) is 11.6 Å². The highest BCUT2D eigenvalue weighted by molar-refractivity contribution is 6.17. The van der Waals surface area contributed by atoms with Crippen molar-refractivity contribution < 1.29 is 4.79 Å². The number of carbonyl (C=O) groups excluding carboxylic acids is 1. The molecule has 0 aromatic heterocycles. The van der Waals surface area contributed by atoms with Crippen LogP contribution in [0.1, 0.15) is 57.8 Å². The minimum atomic E-state index is 0.182. The maximum absolute atomic E-state index is 11.5. The number of hydrogen-bond donors (Lipinski definition) is 1. The molecule has 1 amide bonds. The van der Waals surface area contributed by atoms with Gasteiger partial charge in [-0.2, -0.15) is 0 Å². The van der Waals surface area contributed by atoms with Crippen LogP contribution in [0.4, 0.5) is 0 Å². The predicted molar refractivity (Wildman–Crippen MR) is 64.2 cm³/mol. The lowest BCUT2D eigenvalue weighted by atomic mass is 9.96. The van der Waals surface area contributed by atoms with E-state index in [-0.39, 0.29) is 5.91 Å². The highest BCUT2D eigenvalue weighted by atomic mass is 35.5. The lowest BCUT2D eigenvalue weighted by molar-refractivity contribution is -0.121. The summed E-state index contributed by atoms with van der Waals surface area (Å²) in [6, 6.07) is 0.424. The van der Waals surface area contributed by atoms with Gasteiger partial charge >= 0.3 is 0 Å². The van der Waals surface area contributed by atoms with Crippen LogP contribution in [0.5, 0.6) is 0 Å². The molecule has 1 aliphatic carbocycles. The van der Waals surface area contributed by atoms with E-state index in [1.807, 2.05) is 0 Å². The lowest BCUT2D eigenvalue weighted by Crippen LogP contribution is -2.35. The van der Waals surface area contributed by atoms with Gasteiger partial charge in [-0.05, 0) is 19.3 Å². The van der Waals surface area contributed by atoms with Gasteiger partial charge < -0.3 is 5.32 Å². The molecule has 3 heteroatoms. The Morgan fingerprint density at radius 1 is 1.13 bits per heavy atom. The fourth-order valence-corrected chi connectivity index (χ4v) is 2.26. The third-order valence-electron chi connectivity index (χ3n) is 3.01. The first-order valence-corrected chi connectivity index (χ1v) is 6.71. The van der Waals surface area contributed by atoms with Crippen molar-refractivity contribution in [3.8, 4) is 0 Å². The fraction of sp³-hybridized carbons (Fsp3) is 0.917. The monoisotopic (exact) mass is 231 g/mol. The fourth-order valence-electron chi connectivity index (χ4n) is 2.13. The van der Waals surface area contributed by atoms with E-state index < -0.39 is 0 Å². The van der Waals surface area contributed by atoms with Gasteiger partial charge in [-0.1, -0.05) is 32.1 Å². The topological polar surface area (TPSA) is 29.1 Å². The SMILES string of the molecule is O=C(CCCCl)NC1CCCCCCC1. The second-order valence-electron chi connectivity index (χ2n) is 4.40. The Labute approximate surface area is 97.8 Å². The Morgan fingerprint density at radius 3 is 2.33 bits per heavy atom. The third-order valence-corrected chi connectivity index (χ3v) is 3.28. The van der Waals surface area contributed by atoms with Gasteiger partial charge in [0.05, 0.1) is 0 Å². The van der Waals surface area contributed by atoms with Crippen molar-refractivity contribution >= 4 is 17.5 Å². The third kappa shape index (κ3) is 6.03. The van der Waals surface area contributed by atoms with Gasteiger partial charge in [0.2, 0.25) is 5.91 Å². The van der Waals surface area contributed by atoms with Crippen molar-refractivity contribution in [1.29, 1.82) is 0 Å². The molecule has 0 aliphatic heterocycles. The van der Waals surface area contributed by atoms with Crippen LogP contribution in [-0.4, -0.2) is 17.8 Å². The Hall–Kier alpha value is -0.240. The van der Waals surface area contributed by atoms with Crippen LogP contribution in [0, 0.1) is 0 Å². The molecule has 1 rings (SSSR count). The second kappa shape index (κ2) is 7.98. The van der Waals surface area contributed by atoms with Crippen molar-refractivity contribution in [2.45, 2.75) is 63.8 Å². The van der Waals surface area contributed by atoms with E-state index in [0.29, 0.717) is 18.3 Å². The molecule has 0 bridgehead atoms. The highest BCUT2D eigenvalue weighted by Crippen LogP contribution is 2.17. The smallest absolute Gasteiger partial charge is 0.220 e. The molecule has 2 nitrogen and oxygen atoms in total. The van der Waals surface area contributed by atoms with Crippen molar-refractivity contribution in [2.24, 2.45) is 0 Å². The van der Waals surface area contributed by atoms with Crippen molar-refractivity contribution in [3.63, 3.8) is 0 Å². The second-order valence-corrected chi connectivity index (χ2v) is 4.78. The van der Waals surface area contributed by atoms with Crippen LogP contribution in [-0.2, 0) is 4.79 Å². The molecule has 15 heavy (non-hydrogen) atoms. The average Bonchev–Trinajstić information content (AvgIpc) is 2.19. The summed E-state index contributed by atoms with van der Waals surface area (Å²) in [5, 5.41) is 3.12. The van der Waals surface area contributed by atoms with Crippen LogP contribution in [0.15, 0.2) is 0 Å². The van der Waals surface area contributed by atoms with E-state index in [9.17, 15) is 4.79 Å². The predicted octanol–water partition coefficient (Wildman–Crippen LogP) is 3.23. The quantitative estimate of drug-likeness (QED) is 0.740. The number of rotatable bonds is 4. The minimum absolute atomic E-state index is 0.182. The molecular formula is C12H22ClNO. The molecule has 1 fully saturated rings. The summed E-state index contributed by atoms with van der Waals surface area (Å²) >= 11 is 5.56. The molecule has 1 N–H and O–H groups in total. The van der Waals surface area contributed by atoms with E-state index in [1.54, 1.807) is 0 Å². The number of alkyl halides is 1. The van der Waals surface area contributed by atoms with Crippen molar-refractivity contribution in [1.82, 2.24) is 5.32 Å². The summed E-state index contributed by atoms with van der Waals surface area (Å²) in [5.41, 5.74) is 0. The Morgan fingerprint density at radius 2 is 1.73 bits per heavy atom. The first-order valence-electron chi connectivity index (χ1n) is 6.18. The van der Waals surface area contributed by atoms with Gasteiger partial charge in [-0.3, -0.25) is 4.79 Å². The summed E-state index contributed by atoms with van der Waals surface area (Å²) < 4.78 is 0. The molecule has 88 valence electrons. The van der Waals surface area contributed by atoms with Gasteiger partial charge in [0, 0.05) is 18.3 Å². The molecule has 1 saturated carbocycles. The molecule has 0 aromatic rings. The molecular weight excluding hydrogens is 210 g/mol. The minimum Gasteiger partial charge on any atom is -0.353 e. The van der Waals surface area contributed by atoms with Crippen molar-refractivity contribution in [2.75, 3.05) is 5.88 Å². The number of halogens is 1. The molecule has 0 heterocycles. The first kappa shape index (κ1) is 12.8. The van der Waals surface area contributed by atoms with E-state index in [2.05, 4.69) is 5.32 Å². The first-order chi connectivity index (χ1) is 7.33. The molecule has 0 atom stereocenters. The number of amides is 1. The van der Waals surface area contributed by atoms with Crippen LogP contribution in [0.2, 0.25) is 0 Å². The number of hydrogen-bond acceptors (Lipinski definition) is 1. The summed E-state index contributed by atoms with van der Waals surface area (Å²) in [4.78, 5) is 11.5. The van der Waals surface area contributed by atoms with Gasteiger partial charge in [0.15, 0.2) is 0 Å². The normalized spacial score (nSPS) is 19.3. The summed E-state index contributed by atoms with van der Waals surface area (Å²) in [7, 11) is 0. The molecule has 0 aromatic carbocycles. The zero-order valence-electron chi connectivity index (χ0n) is 9.43. The van der Waals surface area contributed by atoms with Crippen LogP contribution in [0.25, 0.3) is 0 Å². The van der Waals surface area contributed by atoms with Gasteiger partial charge in [-0.25, -0.2) is 0 Å². The zero-order valence-corrected chi connectivity index (χ0v) is 10.2. The summed E-state index contributed by atoms with van der Waals surface area (Å²) in [6.07, 6.45) is 10.2. The Bertz CT molecular complexity index is 176. The maximum atomic E-state index is 11.5. The van der Waals surface area contributed by atoms with Crippen LogP contribution < -0.4 is 5.32 Å². The lowest BCUT2D eigenvalue weighted by Gasteiger charge is -2.20. The van der Waals surface area contributed by atoms with Gasteiger partial charge in [0.1, 0.15) is 0 Å². The highest BCUT2D eigenvalue weighted by Gasteiger charge is 2.13. The van der Waals surface area contributed by atoms with E-state index in [0.717, 1.165) is 19.3 Å².